The van der Waals surface area contributed by atoms with Gasteiger partial charge in [0.15, 0.2) is 13.2 Å². The Hall–Kier alpha value is -5.22. The number of benzene rings is 4. The second-order valence-corrected chi connectivity index (χ2v) is 14.6. The van der Waals surface area contributed by atoms with Crippen molar-refractivity contribution in [1.29, 1.82) is 0 Å². The number of carbonyl (C=O) groups is 4. The van der Waals surface area contributed by atoms with Crippen LogP contribution in [0.3, 0.4) is 0 Å². The number of hydrogen-bond donors (Lipinski definition) is 6. The summed E-state index contributed by atoms with van der Waals surface area (Å²) in [6, 6.07) is 21.8. The number of aliphatic hydroxyl groups is 2. The number of fused-ring (bicyclic) bond motifs is 2. The molecule has 6 rings (SSSR count). The molecule has 2 aliphatic heterocycles. The zero-order valence-corrected chi connectivity index (χ0v) is 32.0. The summed E-state index contributed by atoms with van der Waals surface area (Å²) in [4.78, 5) is 51.8. The third kappa shape index (κ3) is 7.89. The Morgan fingerprint density at radius 1 is 0.661 bits per heavy atom. The number of anilines is 2. The number of ether oxygens (including phenoxy) is 2. The molecule has 0 saturated carbocycles. The predicted molar refractivity (Wildman–Crippen MR) is 211 cm³/mol. The maximum absolute atomic E-state index is 12.8. The third-order valence-electron chi connectivity index (χ3n) is 9.99. The summed E-state index contributed by atoms with van der Waals surface area (Å²) in [5, 5.41) is 44.5. The van der Waals surface area contributed by atoms with Gasteiger partial charge < -0.3 is 39.7 Å². The quantitative estimate of drug-likeness (QED) is 0.0998. The fourth-order valence-corrected chi connectivity index (χ4v) is 7.12. The van der Waals surface area contributed by atoms with Crippen molar-refractivity contribution in [2.45, 2.75) is 24.9 Å². The lowest BCUT2D eigenvalue weighted by Gasteiger charge is -2.31. The Bertz CT molecular complexity index is 2050. The zero-order valence-electron chi connectivity index (χ0n) is 30.5. The largest absolute Gasteiger partial charge is 0.482 e. The SMILES string of the molecule is CC(CO)(NCCN1C(=O)COc2cc(-c3cccc(-c4cccc(-c5ccc6c(c5)OCC(=O)N6CCNC(C)(CO)C(=O)O)c4Cl)c3Cl)ccc21)C(=O)O. The Morgan fingerprint density at radius 2 is 1.04 bits per heavy atom. The number of aliphatic carboxylic acids is 2. The molecule has 0 spiro atoms. The molecular formula is C40H40Cl2N4O10. The van der Waals surface area contributed by atoms with Gasteiger partial charge in [-0.2, -0.15) is 0 Å². The molecule has 2 heterocycles. The van der Waals surface area contributed by atoms with Gasteiger partial charge in [-0.15, -0.1) is 0 Å². The highest BCUT2D eigenvalue weighted by molar-refractivity contribution is 6.39. The molecule has 0 saturated heterocycles. The third-order valence-corrected chi connectivity index (χ3v) is 10.8. The Kier molecular flexibility index (Phi) is 11.9. The molecule has 14 nitrogen and oxygen atoms in total. The first-order valence-corrected chi connectivity index (χ1v) is 18.4. The molecule has 56 heavy (non-hydrogen) atoms. The summed E-state index contributed by atoms with van der Waals surface area (Å²) in [6.45, 7) is 1.58. The molecule has 6 N–H and O–H groups in total. The van der Waals surface area contributed by atoms with Crippen molar-refractivity contribution in [1.82, 2.24) is 10.6 Å². The van der Waals surface area contributed by atoms with Gasteiger partial charge >= 0.3 is 11.9 Å². The Morgan fingerprint density at radius 3 is 1.39 bits per heavy atom. The maximum atomic E-state index is 12.8. The topological polar surface area (TPSA) is 198 Å². The van der Waals surface area contributed by atoms with Gasteiger partial charge in [-0.25, -0.2) is 0 Å². The summed E-state index contributed by atoms with van der Waals surface area (Å²) in [5.74, 6) is -2.12. The normalized spacial score (nSPS) is 15.9. The average Bonchev–Trinajstić information content (AvgIpc) is 3.19. The second-order valence-electron chi connectivity index (χ2n) is 13.8. The van der Waals surface area contributed by atoms with Crippen molar-refractivity contribution in [3.8, 4) is 44.9 Å². The van der Waals surface area contributed by atoms with Crippen molar-refractivity contribution in [2.24, 2.45) is 0 Å². The van der Waals surface area contributed by atoms with E-state index in [-0.39, 0.29) is 51.2 Å². The average molecular weight is 808 g/mol. The number of hydrogen-bond acceptors (Lipinski definition) is 10. The lowest BCUT2D eigenvalue weighted by Crippen LogP contribution is -2.55. The fraction of sp³-hybridized carbons (Fsp3) is 0.300. The van der Waals surface area contributed by atoms with Gasteiger partial charge in [-0.3, -0.25) is 29.8 Å². The molecule has 4 aromatic carbocycles. The number of aliphatic hydroxyl groups excluding tert-OH is 2. The molecule has 16 heteroatoms. The number of rotatable bonds is 15. The molecule has 0 aliphatic carbocycles. The highest BCUT2D eigenvalue weighted by Gasteiger charge is 2.34. The number of carboxylic acid groups (broad SMARTS) is 2. The van der Waals surface area contributed by atoms with Gasteiger partial charge in [-0.05, 0) is 49.2 Å². The molecule has 0 aromatic heterocycles. The highest BCUT2D eigenvalue weighted by Crippen LogP contribution is 2.45. The summed E-state index contributed by atoms with van der Waals surface area (Å²) in [5.41, 5.74) is 2.06. The lowest BCUT2D eigenvalue weighted by molar-refractivity contribution is -0.146. The number of nitrogens with zero attached hydrogens (tertiary/aromatic N) is 2. The van der Waals surface area contributed by atoms with Crippen LogP contribution in [0.2, 0.25) is 10.0 Å². The van der Waals surface area contributed by atoms with E-state index < -0.39 is 36.2 Å². The van der Waals surface area contributed by atoms with Crippen LogP contribution in [-0.4, -0.2) is 108 Å². The minimum atomic E-state index is -1.55. The molecule has 0 bridgehead atoms. The van der Waals surface area contributed by atoms with E-state index in [9.17, 15) is 39.6 Å². The van der Waals surface area contributed by atoms with E-state index in [0.717, 1.165) is 11.1 Å². The first-order chi connectivity index (χ1) is 26.7. The van der Waals surface area contributed by atoms with E-state index >= 15 is 0 Å². The number of amides is 2. The smallest absolute Gasteiger partial charge is 0.326 e. The summed E-state index contributed by atoms with van der Waals surface area (Å²) >= 11 is 14.2. The first kappa shape index (κ1) is 40.4. The summed E-state index contributed by atoms with van der Waals surface area (Å²) in [7, 11) is 0. The van der Waals surface area contributed by atoms with Crippen LogP contribution < -0.4 is 29.9 Å². The van der Waals surface area contributed by atoms with Crippen LogP contribution in [0, 0.1) is 0 Å². The molecule has 4 aromatic rings. The van der Waals surface area contributed by atoms with Crippen molar-refractivity contribution >= 4 is 58.3 Å². The van der Waals surface area contributed by atoms with Crippen LogP contribution in [0.15, 0.2) is 72.8 Å². The van der Waals surface area contributed by atoms with E-state index in [1.165, 1.54) is 23.6 Å². The minimum Gasteiger partial charge on any atom is -0.482 e. The monoisotopic (exact) mass is 806 g/mol. The van der Waals surface area contributed by atoms with E-state index in [1.807, 2.05) is 48.5 Å². The minimum absolute atomic E-state index is 0.111. The Balaban J connectivity index is 1.24. The predicted octanol–water partition coefficient (Wildman–Crippen LogP) is 4.30. The van der Waals surface area contributed by atoms with Crippen LogP contribution in [0.4, 0.5) is 11.4 Å². The molecule has 2 unspecified atom stereocenters. The van der Waals surface area contributed by atoms with Crippen LogP contribution in [0.5, 0.6) is 11.5 Å². The fourth-order valence-electron chi connectivity index (χ4n) is 6.45. The van der Waals surface area contributed by atoms with Crippen molar-refractivity contribution in [3.05, 3.63) is 82.8 Å². The molecular weight excluding hydrogens is 767 g/mol. The second kappa shape index (κ2) is 16.5. The first-order valence-electron chi connectivity index (χ1n) is 17.6. The van der Waals surface area contributed by atoms with Gasteiger partial charge in [0.2, 0.25) is 0 Å². The maximum Gasteiger partial charge on any atom is 0.326 e. The number of halogens is 2. The summed E-state index contributed by atoms with van der Waals surface area (Å²) < 4.78 is 11.6. The highest BCUT2D eigenvalue weighted by atomic mass is 35.5. The molecule has 0 fully saturated rings. The van der Waals surface area contributed by atoms with Crippen LogP contribution >= 0.6 is 23.2 Å². The van der Waals surface area contributed by atoms with Gasteiger partial charge in [0.25, 0.3) is 11.8 Å². The zero-order chi connectivity index (χ0) is 40.4. The standard InChI is InChI=1S/C40H40Cl2N4O10/c1-39(21-47,37(51)52)43-13-15-45-29-11-9-23(17-31(29)55-19-33(45)49)25-5-3-7-27(35(25)41)28-8-4-6-26(36(28)42)24-10-12-30-32(18-24)56-20-34(50)46(30)16-14-44-40(2,22-48)38(53)54/h3-12,17-18,43-44,47-48H,13-16,19-22H2,1-2H3,(H,51,52)(H,53,54). The molecule has 2 aliphatic rings. The van der Waals surface area contributed by atoms with E-state index in [2.05, 4.69) is 10.6 Å². The van der Waals surface area contributed by atoms with Gasteiger partial charge in [0.1, 0.15) is 22.6 Å². The molecule has 2 amide bonds. The van der Waals surface area contributed by atoms with Crippen molar-refractivity contribution < 1.29 is 49.1 Å². The van der Waals surface area contributed by atoms with Gasteiger partial charge in [-0.1, -0.05) is 71.7 Å². The molecule has 2 atom stereocenters. The van der Waals surface area contributed by atoms with Crippen molar-refractivity contribution in [2.75, 3.05) is 62.4 Å². The van der Waals surface area contributed by atoms with E-state index in [4.69, 9.17) is 32.7 Å². The van der Waals surface area contributed by atoms with Crippen molar-refractivity contribution in [3.63, 3.8) is 0 Å². The molecule has 294 valence electrons. The van der Waals surface area contributed by atoms with Gasteiger partial charge in [0.05, 0.1) is 34.6 Å². The Labute approximate surface area is 332 Å². The van der Waals surface area contributed by atoms with E-state index in [0.29, 0.717) is 55.2 Å². The molecule has 0 radical (unpaired) electrons. The number of carbonyl (C=O) groups excluding carboxylic acids is 2. The van der Waals surface area contributed by atoms with E-state index in [1.54, 1.807) is 24.3 Å². The lowest BCUT2D eigenvalue weighted by atomic mass is 9.95. The van der Waals surface area contributed by atoms with Crippen LogP contribution in [0.25, 0.3) is 33.4 Å². The number of carboxylic acids is 2. The number of nitrogens with one attached hydrogen (secondary N) is 2. The van der Waals surface area contributed by atoms with Crippen LogP contribution in [-0.2, 0) is 19.2 Å². The summed E-state index contributed by atoms with van der Waals surface area (Å²) in [6.07, 6.45) is 0. The van der Waals surface area contributed by atoms with Crippen LogP contribution in [0.1, 0.15) is 13.8 Å². The van der Waals surface area contributed by atoms with Gasteiger partial charge in [0, 0.05) is 48.4 Å².